The molecule has 0 aromatic heterocycles. The van der Waals surface area contributed by atoms with Crippen LogP contribution in [0, 0.1) is 17.6 Å². The summed E-state index contributed by atoms with van der Waals surface area (Å²) in [6.45, 7) is 3.29. The Bertz CT molecular complexity index is 626. The number of piperidine rings is 1. The number of likely N-dealkylation sites (tertiary alicyclic amines) is 1. The average Bonchev–Trinajstić information content (AvgIpc) is 2.64. The Morgan fingerprint density at radius 1 is 1.19 bits per heavy atom. The van der Waals surface area contributed by atoms with Crippen LogP contribution in [0.25, 0.3) is 0 Å². The summed E-state index contributed by atoms with van der Waals surface area (Å²) < 4.78 is 31.6. The average molecular weight is 406 g/mol. The largest absolute Gasteiger partial charge is 0.383 e. The van der Waals surface area contributed by atoms with Gasteiger partial charge in [0.15, 0.2) is 0 Å². The number of nitrogens with zero attached hydrogens (tertiary/aromatic N) is 1. The van der Waals surface area contributed by atoms with Crippen molar-refractivity contribution in [2.75, 3.05) is 46.4 Å². The van der Waals surface area contributed by atoms with Gasteiger partial charge in [-0.1, -0.05) is 0 Å². The summed E-state index contributed by atoms with van der Waals surface area (Å²) in [5.41, 5.74) is -0.142. The molecule has 0 bridgehead atoms. The van der Waals surface area contributed by atoms with Gasteiger partial charge in [0.2, 0.25) is 5.91 Å². The Morgan fingerprint density at radius 3 is 2.52 bits per heavy atom. The molecule has 2 amide bonds. The van der Waals surface area contributed by atoms with Crippen molar-refractivity contribution in [3.63, 3.8) is 0 Å². The minimum absolute atomic E-state index is 0. The molecular weight excluding hydrogens is 380 g/mol. The number of methoxy groups -OCH3 is 1. The van der Waals surface area contributed by atoms with E-state index in [1.54, 1.807) is 7.11 Å². The number of carbonyl (C=O) groups excluding carboxylic acids is 2. The Labute approximate surface area is 164 Å². The van der Waals surface area contributed by atoms with E-state index in [2.05, 4.69) is 10.6 Å². The van der Waals surface area contributed by atoms with Crippen LogP contribution in [0.3, 0.4) is 0 Å². The molecule has 1 fully saturated rings. The van der Waals surface area contributed by atoms with Crippen molar-refractivity contribution in [1.82, 2.24) is 15.5 Å². The molecule has 2 N–H and O–H groups in total. The zero-order chi connectivity index (χ0) is 18.9. The van der Waals surface area contributed by atoms with Crippen LogP contribution in [0.5, 0.6) is 0 Å². The van der Waals surface area contributed by atoms with Crippen LogP contribution in [-0.2, 0) is 9.53 Å². The second-order valence-corrected chi connectivity index (χ2v) is 6.22. The van der Waals surface area contributed by atoms with Gasteiger partial charge in [-0.25, -0.2) is 8.78 Å². The smallest absolute Gasteiger partial charge is 0.256 e. The Hall–Kier alpha value is -1.77. The molecule has 27 heavy (non-hydrogen) atoms. The van der Waals surface area contributed by atoms with Crippen LogP contribution in [-0.4, -0.2) is 63.2 Å². The van der Waals surface area contributed by atoms with Crippen molar-refractivity contribution in [2.24, 2.45) is 5.92 Å². The maximum absolute atomic E-state index is 13.7. The van der Waals surface area contributed by atoms with Crippen LogP contribution in [0.4, 0.5) is 8.78 Å². The Kier molecular flexibility index (Phi) is 10.2. The molecule has 0 spiro atoms. The van der Waals surface area contributed by atoms with Crippen molar-refractivity contribution >= 4 is 24.2 Å². The summed E-state index contributed by atoms with van der Waals surface area (Å²) in [5.74, 6) is -2.24. The highest BCUT2D eigenvalue weighted by atomic mass is 35.5. The SMILES string of the molecule is COCCNCCNC(=O)C1CCN(C(=O)c2ccc(F)cc2F)CC1.Cl. The predicted molar refractivity (Wildman–Crippen MR) is 100.0 cm³/mol. The summed E-state index contributed by atoms with van der Waals surface area (Å²) in [5, 5.41) is 6.01. The molecule has 0 atom stereocenters. The number of carbonyl (C=O) groups is 2. The molecule has 1 aliphatic heterocycles. The highest BCUT2D eigenvalue weighted by Crippen LogP contribution is 2.20. The molecule has 152 valence electrons. The molecule has 2 rings (SSSR count). The summed E-state index contributed by atoms with van der Waals surface area (Å²) in [6, 6.07) is 2.92. The van der Waals surface area contributed by atoms with Gasteiger partial charge in [-0.3, -0.25) is 9.59 Å². The standard InChI is InChI=1S/C18H25F2N3O3.ClH/c1-26-11-8-21-6-7-22-17(24)13-4-9-23(10-5-13)18(25)15-3-2-14(19)12-16(15)20;/h2-3,12-13,21H,4-11H2,1H3,(H,22,24);1H. The number of amides is 2. The third kappa shape index (κ3) is 7.04. The molecule has 0 unspecified atom stereocenters. The number of benzene rings is 1. The molecule has 1 aliphatic rings. The molecule has 1 heterocycles. The predicted octanol–water partition coefficient (Wildman–Crippen LogP) is 1.59. The van der Waals surface area contributed by atoms with Gasteiger partial charge in [-0.2, -0.15) is 0 Å². The van der Waals surface area contributed by atoms with E-state index in [0.717, 1.165) is 18.7 Å². The van der Waals surface area contributed by atoms with E-state index in [1.165, 1.54) is 4.90 Å². The zero-order valence-electron chi connectivity index (χ0n) is 15.3. The van der Waals surface area contributed by atoms with Gasteiger partial charge in [0.1, 0.15) is 11.6 Å². The van der Waals surface area contributed by atoms with Gasteiger partial charge in [-0.05, 0) is 25.0 Å². The molecule has 1 aromatic carbocycles. The van der Waals surface area contributed by atoms with Crippen molar-refractivity contribution in [3.8, 4) is 0 Å². The number of hydrogen-bond acceptors (Lipinski definition) is 4. The maximum Gasteiger partial charge on any atom is 0.256 e. The monoisotopic (exact) mass is 405 g/mol. The number of rotatable bonds is 8. The fourth-order valence-electron chi connectivity index (χ4n) is 2.90. The first-order chi connectivity index (χ1) is 12.5. The van der Waals surface area contributed by atoms with Crippen LogP contribution in [0.1, 0.15) is 23.2 Å². The number of halogens is 3. The second-order valence-electron chi connectivity index (χ2n) is 6.22. The highest BCUT2D eigenvalue weighted by molar-refractivity contribution is 5.94. The van der Waals surface area contributed by atoms with Crippen LogP contribution in [0.15, 0.2) is 18.2 Å². The first kappa shape index (κ1) is 23.3. The Morgan fingerprint density at radius 2 is 1.89 bits per heavy atom. The summed E-state index contributed by atoms with van der Waals surface area (Å²) in [6.07, 6.45) is 1.05. The lowest BCUT2D eigenvalue weighted by Crippen LogP contribution is -2.44. The lowest BCUT2D eigenvalue weighted by molar-refractivity contribution is -0.126. The molecule has 0 saturated carbocycles. The van der Waals surface area contributed by atoms with Crippen LogP contribution >= 0.6 is 12.4 Å². The molecule has 9 heteroatoms. The summed E-state index contributed by atoms with van der Waals surface area (Å²) >= 11 is 0. The van der Waals surface area contributed by atoms with Crippen molar-refractivity contribution < 1.29 is 23.1 Å². The number of hydrogen-bond donors (Lipinski definition) is 2. The van der Waals surface area contributed by atoms with Gasteiger partial charge in [-0.15, -0.1) is 12.4 Å². The molecule has 1 saturated heterocycles. The highest BCUT2D eigenvalue weighted by Gasteiger charge is 2.28. The fourth-order valence-corrected chi connectivity index (χ4v) is 2.90. The minimum Gasteiger partial charge on any atom is -0.383 e. The number of ether oxygens (including phenoxy) is 1. The van der Waals surface area contributed by atoms with Crippen molar-refractivity contribution in [2.45, 2.75) is 12.8 Å². The van der Waals surface area contributed by atoms with E-state index in [4.69, 9.17) is 4.74 Å². The van der Waals surface area contributed by atoms with Gasteiger partial charge in [0.05, 0.1) is 12.2 Å². The third-order valence-electron chi connectivity index (χ3n) is 4.40. The van der Waals surface area contributed by atoms with E-state index in [0.29, 0.717) is 51.7 Å². The van der Waals surface area contributed by atoms with E-state index in [-0.39, 0.29) is 29.8 Å². The Balaban J connectivity index is 0.00000364. The summed E-state index contributed by atoms with van der Waals surface area (Å²) in [7, 11) is 1.63. The van der Waals surface area contributed by atoms with Crippen LogP contribution in [0.2, 0.25) is 0 Å². The normalized spacial score (nSPS) is 14.6. The van der Waals surface area contributed by atoms with Gasteiger partial charge >= 0.3 is 0 Å². The van der Waals surface area contributed by atoms with Crippen molar-refractivity contribution in [3.05, 3.63) is 35.4 Å². The molecule has 1 aromatic rings. The van der Waals surface area contributed by atoms with E-state index in [1.807, 2.05) is 0 Å². The second kappa shape index (κ2) is 11.8. The topological polar surface area (TPSA) is 70.7 Å². The van der Waals surface area contributed by atoms with E-state index in [9.17, 15) is 18.4 Å². The molecular formula is C18H26ClF2N3O3. The first-order valence-electron chi connectivity index (χ1n) is 8.74. The summed E-state index contributed by atoms with van der Waals surface area (Å²) in [4.78, 5) is 26.0. The molecule has 0 radical (unpaired) electrons. The van der Waals surface area contributed by atoms with Gasteiger partial charge in [0, 0.05) is 51.8 Å². The molecule has 6 nitrogen and oxygen atoms in total. The zero-order valence-corrected chi connectivity index (χ0v) is 16.1. The van der Waals surface area contributed by atoms with Gasteiger partial charge < -0.3 is 20.3 Å². The van der Waals surface area contributed by atoms with E-state index >= 15 is 0 Å². The minimum atomic E-state index is -0.865. The maximum atomic E-state index is 13.7. The van der Waals surface area contributed by atoms with Crippen molar-refractivity contribution in [1.29, 1.82) is 0 Å². The van der Waals surface area contributed by atoms with Crippen LogP contribution < -0.4 is 10.6 Å². The lowest BCUT2D eigenvalue weighted by atomic mass is 9.95. The number of nitrogens with one attached hydrogen (secondary N) is 2. The van der Waals surface area contributed by atoms with Gasteiger partial charge in [0.25, 0.3) is 5.91 Å². The first-order valence-corrected chi connectivity index (χ1v) is 8.74. The quantitative estimate of drug-likeness (QED) is 0.644. The lowest BCUT2D eigenvalue weighted by Gasteiger charge is -2.31. The third-order valence-corrected chi connectivity index (χ3v) is 4.40. The van der Waals surface area contributed by atoms with E-state index < -0.39 is 17.5 Å². The fraction of sp³-hybridized carbons (Fsp3) is 0.556. The molecule has 0 aliphatic carbocycles.